The number of hydrogen-bond donors (Lipinski definition) is 1. The fraction of sp³-hybridized carbons (Fsp3) is 0.429. The SMILES string of the molecule is CC(C)(C#N)CCNCc1cccc(C#N)c1. The van der Waals surface area contributed by atoms with Crippen molar-refractivity contribution in [2.75, 3.05) is 6.54 Å². The van der Waals surface area contributed by atoms with Crippen LogP contribution in [0.3, 0.4) is 0 Å². The molecule has 0 radical (unpaired) electrons. The summed E-state index contributed by atoms with van der Waals surface area (Å²) >= 11 is 0. The molecule has 0 saturated heterocycles. The van der Waals surface area contributed by atoms with Crippen LogP contribution in [-0.4, -0.2) is 6.54 Å². The summed E-state index contributed by atoms with van der Waals surface area (Å²) in [7, 11) is 0. The molecule has 0 heterocycles. The third-order valence-electron chi connectivity index (χ3n) is 2.61. The smallest absolute Gasteiger partial charge is 0.0991 e. The van der Waals surface area contributed by atoms with E-state index in [1.54, 1.807) is 6.07 Å². The summed E-state index contributed by atoms with van der Waals surface area (Å²) < 4.78 is 0. The van der Waals surface area contributed by atoms with E-state index in [0.717, 1.165) is 25.1 Å². The monoisotopic (exact) mass is 227 g/mol. The van der Waals surface area contributed by atoms with Crippen molar-refractivity contribution >= 4 is 0 Å². The zero-order valence-electron chi connectivity index (χ0n) is 10.3. The maximum atomic E-state index is 8.86. The highest BCUT2D eigenvalue weighted by Crippen LogP contribution is 2.17. The van der Waals surface area contributed by atoms with Crippen LogP contribution in [0, 0.1) is 28.1 Å². The van der Waals surface area contributed by atoms with Crippen LogP contribution >= 0.6 is 0 Å². The van der Waals surface area contributed by atoms with Crippen LogP contribution in [0.5, 0.6) is 0 Å². The van der Waals surface area contributed by atoms with Gasteiger partial charge in [-0.15, -0.1) is 0 Å². The summed E-state index contributed by atoms with van der Waals surface area (Å²) in [5.41, 5.74) is 1.50. The number of nitrogens with one attached hydrogen (secondary N) is 1. The molecule has 0 fully saturated rings. The van der Waals surface area contributed by atoms with Crippen LogP contribution in [0.4, 0.5) is 0 Å². The average molecular weight is 227 g/mol. The van der Waals surface area contributed by atoms with Crippen LogP contribution in [0.2, 0.25) is 0 Å². The maximum absolute atomic E-state index is 8.86. The summed E-state index contributed by atoms with van der Waals surface area (Å²) in [6.45, 7) is 5.41. The third-order valence-corrected chi connectivity index (χ3v) is 2.61. The molecular formula is C14H17N3. The molecule has 0 unspecified atom stereocenters. The van der Waals surface area contributed by atoms with E-state index in [2.05, 4.69) is 17.5 Å². The molecule has 17 heavy (non-hydrogen) atoms. The number of nitrogens with zero attached hydrogens (tertiary/aromatic N) is 2. The van der Waals surface area contributed by atoms with Crippen LogP contribution in [0.15, 0.2) is 24.3 Å². The Labute approximate surface area is 103 Å². The largest absolute Gasteiger partial charge is 0.313 e. The second-order valence-corrected chi connectivity index (χ2v) is 4.73. The maximum Gasteiger partial charge on any atom is 0.0991 e. The van der Waals surface area contributed by atoms with Crippen molar-refractivity contribution in [1.29, 1.82) is 10.5 Å². The summed E-state index contributed by atoms with van der Waals surface area (Å²) in [5.74, 6) is 0. The second-order valence-electron chi connectivity index (χ2n) is 4.73. The van der Waals surface area contributed by atoms with Crippen molar-refractivity contribution in [3.63, 3.8) is 0 Å². The molecule has 0 saturated carbocycles. The summed E-state index contributed by atoms with van der Waals surface area (Å²) in [6.07, 6.45) is 0.821. The lowest BCUT2D eigenvalue weighted by atomic mass is 9.91. The minimum Gasteiger partial charge on any atom is -0.313 e. The van der Waals surface area contributed by atoms with Gasteiger partial charge >= 0.3 is 0 Å². The van der Waals surface area contributed by atoms with E-state index in [9.17, 15) is 0 Å². The Bertz CT molecular complexity index is 449. The second kappa shape index (κ2) is 6.03. The van der Waals surface area contributed by atoms with Gasteiger partial charge < -0.3 is 5.32 Å². The Balaban J connectivity index is 2.37. The van der Waals surface area contributed by atoms with E-state index in [-0.39, 0.29) is 5.41 Å². The molecule has 0 aliphatic rings. The molecule has 0 aliphatic carbocycles. The van der Waals surface area contributed by atoms with Gasteiger partial charge in [-0.3, -0.25) is 0 Å². The molecule has 1 rings (SSSR count). The third kappa shape index (κ3) is 4.68. The Hall–Kier alpha value is -1.84. The standard InChI is InChI=1S/C14H17N3/c1-14(2,11-16)6-7-17-10-13-5-3-4-12(8-13)9-15/h3-5,8,17H,6-7,10H2,1-2H3. The summed E-state index contributed by atoms with van der Waals surface area (Å²) in [5, 5.41) is 20.9. The molecule has 0 atom stereocenters. The number of nitriles is 2. The first-order chi connectivity index (χ1) is 8.07. The molecule has 0 bridgehead atoms. The van der Waals surface area contributed by atoms with E-state index < -0.39 is 0 Å². The Kier molecular flexibility index (Phi) is 4.69. The first-order valence-electron chi connectivity index (χ1n) is 5.68. The van der Waals surface area contributed by atoms with Crippen molar-refractivity contribution in [2.45, 2.75) is 26.8 Å². The lowest BCUT2D eigenvalue weighted by molar-refractivity contribution is 0.432. The van der Waals surface area contributed by atoms with E-state index in [4.69, 9.17) is 10.5 Å². The molecule has 0 spiro atoms. The molecular weight excluding hydrogens is 210 g/mol. The zero-order chi connectivity index (χ0) is 12.7. The molecule has 1 aromatic rings. The van der Waals surface area contributed by atoms with Gasteiger partial charge in [-0.05, 0) is 44.5 Å². The van der Waals surface area contributed by atoms with Crippen molar-refractivity contribution in [1.82, 2.24) is 5.32 Å². The highest BCUT2D eigenvalue weighted by atomic mass is 14.8. The van der Waals surface area contributed by atoms with Gasteiger partial charge in [-0.2, -0.15) is 10.5 Å². The first kappa shape index (κ1) is 13.2. The molecule has 0 amide bonds. The summed E-state index contributed by atoms with van der Waals surface area (Å²) in [4.78, 5) is 0. The lowest BCUT2D eigenvalue weighted by Crippen LogP contribution is -2.21. The van der Waals surface area contributed by atoms with Crippen molar-refractivity contribution in [3.05, 3.63) is 35.4 Å². The van der Waals surface area contributed by atoms with Crippen LogP contribution in [-0.2, 0) is 6.54 Å². The minimum atomic E-state index is -0.276. The zero-order valence-corrected chi connectivity index (χ0v) is 10.3. The van der Waals surface area contributed by atoms with Crippen molar-refractivity contribution in [2.24, 2.45) is 5.41 Å². The first-order valence-corrected chi connectivity index (χ1v) is 5.68. The normalized spacial score (nSPS) is 10.6. The molecule has 0 aliphatic heterocycles. The molecule has 1 aromatic carbocycles. The van der Waals surface area contributed by atoms with E-state index in [1.165, 1.54) is 0 Å². The van der Waals surface area contributed by atoms with Crippen molar-refractivity contribution in [3.8, 4) is 12.1 Å². The number of rotatable bonds is 5. The number of benzene rings is 1. The minimum absolute atomic E-state index is 0.276. The summed E-state index contributed by atoms with van der Waals surface area (Å²) in [6, 6.07) is 11.9. The lowest BCUT2D eigenvalue weighted by Gasteiger charge is -2.15. The van der Waals surface area contributed by atoms with Gasteiger partial charge in [0.25, 0.3) is 0 Å². The van der Waals surface area contributed by atoms with E-state index in [0.29, 0.717) is 5.56 Å². The predicted molar refractivity (Wildman–Crippen MR) is 66.9 cm³/mol. The molecule has 3 nitrogen and oxygen atoms in total. The fourth-order valence-electron chi connectivity index (χ4n) is 1.44. The highest BCUT2D eigenvalue weighted by Gasteiger charge is 2.15. The molecule has 88 valence electrons. The fourth-order valence-corrected chi connectivity index (χ4v) is 1.44. The Morgan fingerprint density at radius 1 is 1.29 bits per heavy atom. The Morgan fingerprint density at radius 2 is 2.06 bits per heavy atom. The van der Waals surface area contributed by atoms with Gasteiger partial charge in [0.05, 0.1) is 23.1 Å². The number of hydrogen-bond acceptors (Lipinski definition) is 3. The Morgan fingerprint density at radius 3 is 2.71 bits per heavy atom. The van der Waals surface area contributed by atoms with Gasteiger partial charge in [0, 0.05) is 6.54 Å². The predicted octanol–water partition coefficient (Wildman–Crippen LogP) is 2.59. The quantitative estimate of drug-likeness (QED) is 0.786. The van der Waals surface area contributed by atoms with E-state index >= 15 is 0 Å². The highest BCUT2D eigenvalue weighted by molar-refractivity contribution is 5.32. The van der Waals surface area contributed by atoms with Gasteiger partial charge in [0.1, 0.15) is 0 Å². The topological polar surface area (TPSA) is 59.6 Å². The van der Waals surface area contributed by atoms with Gasteiger partial charge in [-0.25, -0.2) is 0 Å². The van der Waals surface area contributed by atoms with Gasteiger partial charge in [0.15, 0.2) is 0 Å². The molecule has 3 heteroatoms. The van der Waals surface area contributed by atoms with Crippen LogP contribution < -0.4 is 5.32 Å². The average Bonchev–Trinajstić information content (AvgIpc) is 2.35. The van der Waals surface area contributed by atoms with Crippen LogP contribution in [0.1, 0.15) is 31.4 Å². The van der Waals surface area contributed by atoms with Gasteiger partial charge in [-0.1, -0.05) is 12.1 Å². The van der Waals surface area contributed by atoms with E-state index in [1.807, 2.05) is 32.0 Å². The van der Waals surface area contributed by atoms with Crippen molar-refractivity contribution < 1.29 is 0 Å². The van der Waals surface area contributed by atoms with Gasteiger partial charge in [0.2, 0.25) is 0 Å². The molecule has 0 aromatic heterocycles. The molecule has 1 N–H and O–H groups in total. The van der Waals surface area contributed by atoms with Crippen LogP contribution in [0.25, 0.3) is 0 Å².